The fourth-order valence-corrected chi connectivity index (χ4v) is 2.63. The molecule has 0 aliphatic rings. The van der Waals surface area contributed by atoms with Gasteiger partial charge in [0, 0.05) is 22.3 Å². The number of nitrogens with one attached hydrogen (secondary N) is 1. The van der Waals surface area contributed by atoms with Crippen LogP contribution in [0.2, 0.25) is 0 Å². The standard InChI is InChI=1S/C14H25NS/c1-11(2)6-5-7-12(3)15-10-14-9-8-13(4)16-14/h8-9,11-12,15H,5-7,10H2,1-4H3. The molecular formula is C14H25NS. The third-order valence-corrected chi connectivity index (χ3v) is 3.84. The van der Waals surface area contributed by atoms with Crippen molar-refractivity contribution in [2.75, 3.05) is 0 Å². The van der Waals surface area contributed by atoms with Crippen molar-refractivity contribution in [3.05, 3.63) is 21.9 Å². The number of hydrogen-bond acceptors (Lipinski definition) is 2. The van der Waals surface area contributed by atoms with Gasteiger partial charge in [-0.05, 0) is 38.3 Å². The van der Waals surface area contributed by atoms with Gasteiger partial charge in [0.25, 0.3) is 0 Å². The van der Waals surface area contributed by atoms with Gasteiger partial charge in [0.05, 0.1) is 0 Å². The predicted molar refractivity (Wildman–Crippen MR) is 74.0 cm³/mol. The Morgan fingerprint density at radius 2 is 1.94 bits per heavy atom. The predicted octanol–water partition coefficient (Wildman–Crippen LogP) is 4.36. The first-order valence-corrected chi connectivity index (χ1v) is 7.18. The van der Waals surface area contributed by atoms with Crippen molar-refractivity contribution in [2.24, 2.45) is 5.92 Å². The lowest BCUT2D eigenvalue weighted by molar-refractivity contribution is 0.458. The van der Waals surface area contributed by atoms with Crippen LogP contribution in [-0.2, 0) is 6.54 Å². The van der Waals surface area contributed by atoms with E-state index >= 15 is 0 Å². The molecule has 0 amide bonds. The molecule has 1 aromatic heterocycles. The van der Waals surface area contributed by atoms with Crippen LogP contribution in [0.4, 0.5) is 0 Å². The Morgan fingerprint density at radius 3 is 2.50 bits per heavy atom. The molecule has 1 N–H and O–H groups in total. The molecule has 0 aliphatic carbocycles. The fourth-order valence-electron chi connectivity index (χ4n) is 1.79. The van der Waals surface area contributed by atoms with Gasteiger partial charge in [0.15, 0.2) is 0 Å². The summed E-state index contributed by atoms with van der Waals surface area (Å²) in [7, 11) is 0. The van der Waals surface area contributed by atoms with Gasteiger partial charge in [0.1, 0.15) is 0 Å². The van der Waals surface area contributed by atoms with Crippen LogP contribution in [0.5, 0.6) is 0 Å². The molecule has 16 heavy (non-hydrogen) atoms. The molecular weight excluding hydrogens is 214 g/mol. The molecule has 1 atom stereocenters. The lowest BCUT2D eigenvalue weighted by Gasteiger charge is -2.13. The summed E-state index contributed by atoms with van der Waals surface area (Å²) in [6.45, 7) is 10.1. The maximum absolute atomic E-state index is 3.60. The molecule has 92 valence electrons. The van der Waals surface area contributed by atoms with Crippen molar-refractivity contribution in [2.45, 2.75) is 59.5 Å². The molecule has 0 fully saturated rings. The summed E-state index contributed by atoms with van der Waals surface area (Å²) in [6.07, 6.45) is 3.99. The molecule has 0 aromatic carbocycles. The lowest BCUT2D eigenvalue weighted by atomic mass is 10.0. The van der Waals surface area contributed by atoms with Crippen LogP contribution in [0.3, 0.4) is 0 Å². The Morgan fingerprint density at radius 1 is 1.19 bits per heavy atom. The topological polar surface area (TPSA) is 12.0 Å². The highest BCUT2D eigenvalue weighted by molar-refractivity contribution is 7.11. The number of rotatable bonds is 7. The Labute approximate surface area is 104 Å². The average molecular weight is 239 g/mol. The van der Waals surface area contributed by atoms with Crippen LogP contribution in [0.25, 0.3) is 0 Å². The van der Waals surface area contributed by atoms with Crippen LogP contribution in [0.15, 0.2) is 12.1 Å². The van der Waals surface area contributed by atoms with E-state index in [1.54, 1.807) is 0 Å². The Kier molecular flexibility index (Phi) is 6.07. The smallest absolute Gasteiger partial charge is 0.0302 e. The number of hydrogen-bond donors (Lipinski definition) is 1. The molecule has 0 spiro atoms. The van der Waals surface area contributed by atoms with E-state index in [1.807, 2.05) is 11.3 Å². The normalized spacial score (nSPS) is 13.3. The van der Waals surface area contributed by atoms with E-state index < -0.39 is 0 Å². The average Bonchev–Trinajstić information content (AvgIpc) is 2.61. The number of thiophene rings is 1. The van der Waals surface area contributed by atoms with E-state index in [1.165, 1.54) is 29.0 Å². The Balaban J connectivity index is 2.12. The SMILES string of the molecule is Cc1ccc(CNC(C)CCCC(C)C)s1. The minimum atomic E-state index is 0.640. The summed E-state index contributed by atoms with van der Waals surface area (Å²) in [5, 5.41) is 3.60. The first-order valence-electron chi connectivity index (χ1n) is 6.36. The van der Waals surface area contributed by atoms with Crippen molar-refractivity contribution < 1.29 is 0 Å². The van der Waals surface area contributed by atoms with Crippen LogP contribution in [0, 0.1) is 12.8 Å². The molecule has 1 unspecified atom stereocenters. The number of aryl methyl sites for hydroxylation is 1. The zero-order chi connectivity index (χ0) is 12.0. The third kappa shape index (κ3) is 5.66. The van der Waals surface area contributed by atoms with Gasteiger partial charge >= 0.3 is 0 Å². The zero-order valence-corrected chi connectivity index (χ0v) is 11.9. The highest BCUT2D eigenvalue weighted by Gasteiger charge is 2.03. The first kappa shape index (κ1) is 13.7. The molecule has 0 radical (unpaired) electrons. The van der Waals surface area contributed by atoms with Gasteiger partial charge in [-0.3, -0.25) is 0 Å². The van der Waals surface area contributed by atoms with Crippen molar-refractivity contribution in [3.63, 3.8) is 0 Å². The minimum absolute atomic E-state index is 0.640. The molecule has 1 rings (SSSR count). The molecule has 1 heterocycles. The second-order valence-electron chi connectivity index (χ2n) is 5.12. The van der Waals surface area contributed by atoms with E-state index in [0.29, 0.717) is 6.04 Å². The molecule has 1 nitrogen and oxygen atoms in total. The van der Waals surface area contributed by atoms with Crippen molar-refractivity contribution in [3.8, 4) is 0 Å². The zero-order valence-electron chi connectivity index (χ0n) is 11.0. The van der Waals surface area contributed by atoms with Crippen LogP contribution >= 0.6 is 11.3 Å². The van der Waals surface area contributed by atoms with Gasteiger partial charge < -0.3 is 5.32 Å². The second-order valence-corrected chi connectivity index (χ2v) is 6.49. The first-order chi connectivity index (χ1) is 7.58. The summed E-state index contributed by atoms with van der Waals surface area (Å²) >= 11 is 1.90. The monoisotopic (exact) mass is 239 g/mol. The minimum Gasteiger partial charge on any atom is -0.309 e. The summed E-state index contributed by atoms with van der Waals surface area (Å²) in [5.41, 5.74) is 0. The highest BCUT2D eigenvalue weighted by atomic mass is 32.1. The largest absolute Gasteiger partial charge is 0.309 e. The van der Waals surface area contributed by atoms with Gasteiger partial charge in [-0.1, -0.05) is 26.7 Å². The molecule has 0 bridgehead atoms. The van der Waals surface area contributed by atoms with Crippen molar-refractivity contribution >= 4 is 11.3 Å². The fraction of sp³-hybridized carbons (Fsp3) is 0.714. The Bertz CT molecular complexity index is 291. The molecule has 2 heteroatoms. The third-order valence-electron chi connectivity index (χ3n) is 2.84. The summed E-state index contributed by atoms with van der Waals surface area (Å²) < 4.78 is 0. The van der Waals surface area contributed by atoms with Gasteiger partial charge in [-0.15, -0.1) is 11.3 Å². The van der Waals surface area contributed by atoms with Crippen LogP contribution in [-0.4, -0.2) is 6.04 Å². The second kappa shape index (κ2) is 7.08. The summed E-state index contributed by atoms with van der Waals surface area (Å²) in [4.78, 5) is 2.86. The molecule has 0 saturated carbocycles. The molecule has 0 aliphatic heterocycles. The summed E-state index contributed by atoms with van der Waals surface area (Å²) in [5.74, 6) is 0.840. The maximum atomic E-state index is 3.60. The van der Waals surface area contributed by atoms with E-state index in [9.17, 15) is 0 Å². The quantitative estimate of drug-likeness (QED) is 0.745. The van der Waals surface area contributed by atoms with Crippen molar-refractivity contribution in [1.82, 2.24) is 5.32 Å². The molecule has 0 saturated heterocycles. The van der Waals surface area contributed by atoms with Crippen molar-refractivity contribution in [1.29, 1.82) is 0 Å². The van der Waals surface area contributed by atoms with E-state index in [0.717, 1.165) is 12.5 Å². The molecule has 1 aromatic rings. The van der Waals surface area contributed by atoms with Crippen LogP contribution < -0.4 is 5.32 Å². The highest BCUT2D eigenvalue weighted by Crippen LogP contribution is 2.15. The van der Waals surface area contributed by atoms with E-state index in [2.05, 4.69) is 45.1 Å². The van der Waals surface area contributed by atoms with Crippen LogP contribution in [0.1, 0.15) is 49.8 Å². The maximum Gasteiger partial charge on any atom is 0.0302 e. The lowest BCUT2D eigenvalue weighted by Crippen LogP contribution is -2.24. The summed E-state index contributed by atoms with van der Waals surface area (Å²) in [6, 6.07) is 5.07. The van der Waals surface area contributed by atoms with Gasteiger partial charge in [-0.2, -0.15) is 0 Å². The van der Waals surface area contributed by atoms with E-state index in [4.69, 9.17) is 0 Å². The van der Waals surface area contributed by atoms with Gasteiger partial charge in [0.2, 0.25) is 0 Å². The van der Waals surface area contributed by atoms with Gasteiger partial charge in [-0.25, -0.2) is 0 Å². The Hall–Kier alpha value is -0.340. The van der Waals surface area contributed by atoms with E-state index in [-0.39, 0.29) is 0 Å².